The van der Waals surface area contributed by atoms with Crippen LogP contribution in [0.4, 0.5) is 5.69 Å². The fraction of sp³-hybridized carbons (Fsp3) is 0.409. The van der Waals surface area contributed by atoms with E-state index in [-0.39, 0.29) is 5.91 Å². The van der Waals surface area contributed by atoms with Crippen LogP contribution < -0.4 is 10.1 Å². The molecule has 5 nitrogen and oxygen atoms in total. The number of morpholine rings is 1. The second kappa shape index (κ2) is 10.1. The van der Waals surface area contributed by atoms with Gasteiger partial charge >= 0.3 is 0 Å². The monoisotopic (exact) mass is 368 g/mol. The maximum absolute atomic E-state index is 12.1. The standard InChI is InChI=1S/C22H28N2O3/c1-2-18-5-9-21(10-6-18)27-14-11-22(25)23-20-7-3-19(4-8-20)17-24-12-15-26-16-13-24/h3-10H,2,11-17H2,1H3,(H,23,25). The fourth-order valence-electron chi connectivity index (χ4n) is 3.02. The van der Waals surface area contributed by atoms with Gasteiger partial charge in [0.2, 0.25) is 5.91 Å². The molecule has 1 saturated heterocycles. The molecule has 5 heteroatoms. The largest absolute Gasteiger partial charge is 0.493 e. The average Bonchev–Trinajstić information content (AvgIpc) is 2.71. The van der Waals surface area contributed by atoms with E-state index in [0.29, 0.717) is 13.0 Å². The third-order valence-corrected chi connectivity index (χ3v) is 4.68. The highest BCUT2D eigenvalue weighted by atomic mass is 16.5. The number of hydrogen-bond acceptors (Lipinski definition) is 4. The minimum Gasteiger partial charge on any atom is -0.493 e. The SMILES string of the molecule is CCc1ccc(OCCC(=O)Nc2ccc(CN3CCOCC3)cc2)cc1. The fourth-order valence-corrected chi connectivity index (χ4v) is 3.02. The summed E-state index contributed by atoms with van der Waals surface area (Å²) in [6.07, 6.45) is 1.33. The number of carbonyl (C=O) groups is 1. The first-order valence-corrected chi connectivity index (χ1v) is 9.63. The number of nitrogens with one attached hydrogen (secondary N) is 1. The van der Waals surface area contributed by atoms with E-state index in [9.17, 15) is 4.79 Å². The Morgan fingerprint density at radius 2 is 1.70 bits per heavy atom. The molecule has 1 heterocycles. The number of anilines is 1. The van der Waals surface area contributed by atoms with E-state index in [1.54, 1.807) is 0 Å². The molecule has 1 N–H and O–H groups in total. The summed E-state index contributed by atoms with van der Waals surface area (Å²) in [5.74, 6) is 0.758. The molecule has 1 amide bonds. The van der Waals surface area contributed by atoms with Gasteiger partial charge in [-0.2, -0.15) is 0 Å². The Bertz CT molecular complexity index is 707. The minimum absolute atomic E-state index is 0.0406. The van der Waals surface area contributed by atoms with Crippen LogP contribution in [0, 0.1) is 0 Å². The van der Waals surface area contributed by atoms with Crippen LogP contribution in [0.1, 0.15) is 24.5 Å². The van der Waals surface area contributed by atoms with Crippen molar-refractivity contribution in [2.24, 2.45) is 0 Å². The Labute approximate surface area is 161 Å². The van der Waals surface area contributed by atoms with Crippen molar-refractivity contribution in [3.63, 3.8) is 0 Å². The van der Waals surface area contributed by atoms with Crippen LogP contribution in [-0.2, 0) is 22.5 Å². The Morgan fingerprint density at radius 3 is 2.37 bits per heavy atom. The highest BCUT2D eigenvalue weighted by molar-refractivity contribution is 5.90. The summed E-state index contributed by atoms with van der Waals surface area (Å²) < 4.78 is 11.0. The summed E-state index contributed by atoms with van der Waals surface area (Å²) in [6.45, 7) is 6.96. The zero-order valence-corrected chi connectivity index (χ0v) is 15.9. The lowest BCUT2D eigenvalue weighted by Crippen LogP contribution is -2.35. The van der Waals surface area contributed by atoms with Gasteiger partial charge in [0.25, 0.3) is 0 Å². The third kappa shape index (κ3) is 6.38. The van der Waals surface area contributed by atoms with Gasteiger partial charge in [0.15, 0.2) is 0 Å². The number of ether oxygens (including phenoxy) is 2. The summed E-state index contributed by atoms with van der Waals surface area (Å²) in [5, 5.41) is 2.92. The smallest absolute Gasteiger partial charge is 0.227 e. The molecule has 1 aliphatic rings. The predicted molar refractivity (Wildman–Crippen MR) is 107 cm³/mol. The molecule has 0 atom stereocenters. The van der Waals surface area contributed by atoms with E-state index in [4.69, 9.17) is 9.47 Å². The van der Waals surface area contributed by atoms with Crippen molar-refractivity contribution >= 4 is 11.6 Å². The van der Waals surface area contributed by atoms with Crippen molar-refractivity contribution in [2.45, 2.75) is 26.3 Å². The molecular weight excluding hydrogens is 340 g/mol. The maximum Gasteiger partial charge on any atom is 0.227 e. The molecule has 0 aromatic heterocycles. The summed E-state index contributed by atoms with van der Waals surface area (Å²) >= 11 is 0. The zero-order chi connectivity index (χ0) is 18.9. The van der Waals surface area contributed by atoms with Crippen LogP contribution in [0.5, 0.6) is 5.75 Å². The molecule has 0 radical (unpaired) electrons. The molecule has 0 unspecified atom stereocenters. The molecule has 2 aromatic rings. The molecule has 2 aromatic carbocycles. The lowest BCUT2D eigenvalue weighted by molar-refractivity contribution is -0.116. The average molecular weight is 368 g/mol. The molecular formula is C22H28N2O3. The van der Waals surface area contributed by atoms with E-state index in [1.165, 1.54) is 11.1 Å². The van der Waals surface area contributed by atoms with Gasteiger partial charge in [-0.15, -0.1) is 0 Å². The number of carbonyl (C=O) groups excluding carboxylic acids is 1. The minimum atomic E-state index is -0.0406. The van der Waals surface area contributed by atoms with Crippen molar-refractivity contribution in [1.82, 2.24) is 4.90 Å². The van der Waals surface area contributed by atoms with Crippen LogP contribution in [0.15, 0.2) is 48.5 Å². The Hall–Kier alpha value is -2.37. The number of nitrogens with zero attached hydrogens (tertiary/aromatic N) is 1. The highest BCUT2D eigenvalue weighted by Crippen LogP contribution is 2.14. The van der Waals surface area contributed by atoms with Gasteiger partial charge in [-0.3, -0.25) is 9.69 Å². The molecule has 0 aliphatic carbocycles. The number of hydrogen-bond donors (Lipinski definition) is 1. The number of benzene rings is 2. The van der Waals surface area contributed by atoms with Gasteiger partial charge in [-0.1, -0.05) is 31.2 Å². The Morgan fingerprint density at radius 1 is 1.04 bits per heavy atom. The van der Waals surface area contributed by atoms with Crippen molar-refractivity contribution in [3.8, 4) is 5.75 Å². The number of rotatable bonds is 8. The lowest BCUT2D eigenvalue weighted by Gasteiger charge is -2.26. The first kappa shape index (κ1) is 19.4. The molecule has 27 heavy (non-hydrogen) atoms. The van der Waals surface area contributed by atoms with Crippen molar-refractivity contribution < 1.29 is 14.3 Å². The van der Waals surface area contributed by atoms with E-state index in [1.807, 2.05) is 36.4 Å². The normalized spacial score (nSPS) is 14.7. The van der Waals surface area contributed by atoms with Crippen LogP contribution in [0.2, 0.25) is 0 Å². The maximum atomic E-state index is 12.1. The molecule has 0 saturated carbocycles. The lowest BCUT2D eigenvalue weighted by atomic mass is 10.2. The van der Waals surface area contributed by atoms with Gasteiger partial charge in [0, 0.05) is 25.3 Å². The first-order valence-electron chi connectivity index (χ1n) is 9.63. The Kier molecular flexibility index (Phi) is 7.25. The summed E-state index contributed by atoms with van der Waals surface area (Å²) in [5.41, 5.74) is 3.34. The number of amides is 1. The Balaban J connectivity index is 1.39. The summed E-state index contributed by atoms with van der Waals surface area (Å²) in [6, 6.07) is 16.0. The van der Waals surface area contributed by atoms with Gasteiger partial charge in [0.05, 0.1) is 26.2 Å². The van der Waals surface area contributed by atoms with Gasteiger partial charge in [-0.25, -0.2) is 0 Å². The van der Waals surface area contributed by atoms with E-state index in [2.05, 4.69) is 29.3 Å². The van der Waals surface area contributed by atoms with Crippen molar-refractivity contribution in [2.75, 3.05) is 38.2 Å². The second-order valence-electron chi connectivity index (χ2n) is 6.73. The van der Waals surface area contributed by atoms with Gasteiger partial charge in [0.1, 0.15) is 5.75 Å². The van der Waals surface area contributed by atoms with E-state index in [0.717, 1.165) is 50.7 Å². The summed E-state index contributed by atoms with van der Waals surface area (Å²) in [4.78, 5) is 14.5. The van der Waals surface area contributed by atoms with Crippen LogP contribution in [0.3, 0.4) is 0 Å². The molecule has 0 spiro atoms. The highest BCUT2D eigenvalue weighted by Gasteiger charge is 2.10. The van der Waals surface area contributed by atoms with E-state index < -0.39 is 0 Å². The van der Waals surface area contributed by atoms with Crippen LogP contribution >= 0.6 is 0 Å². The summed E-state index contributed by atoms with van der Waals surface area (Å²) in [7, 11) is 0. The molecule has 1 aliphatic heterocycles. The quantitative estimate of drug-likeness (QED) is 0.775. The zero-order valence-electron chi connectivity index (χ0n) is 15.9. The third-order valence-electron chi connectivity index (χ3n) is 4.68. The van der Waals surface area contributed by atoms with Crippen LogP contribution in [0.25, 0.3) is 0 Å². The van der Waals surface area contributed by atoms with Crippen molar-refractivity contribution in [1.29, 1.82) is 0 Å². The molecule has 1 fully saturated rings. The van der Waals surface area contributed by atoms with Crippen molar-refractivity contribution in [3.05, 3.63) is 59.7 Å². The molecule has 0 bridgehead atoms. The molecule has 144 valence electrons. The van der Waals surface area contributed by atoms with Gasteiger partial charge < -0.3 is 14.8 Å². The topological polar surface area (TPSA) is 50.8 Å². The van der Waals surface area contributed by atoms with E-state index >= 15 is 0 Å². The second-order valence-corrected chi connectivity index (χ2v) is 6.73. The number of aryl methyl sites for hydroxylation is 1. The predicted octanol–water partition coefficient (Wildman–Crippen LogP) is 3.49. The van der Waals surface area contributed by atoms with Crippen LogP contribution in [-0.4, -0.2) is 43.7 Å². The first-order chi connectivity index (χ1) is 13.2. The van der Waals surface area contributed by atoms with Gasteiger partial charge in [-0.05, 0) is 41.8 Å². The molecule has 3 rings (SSSR count).